The number of rotatable bonds is 3. The van der Waals surface area contributed by atoms with Crippen LogP contribution >= 0.6 is 0 Å². The molecule has 0 aliphatic rings. The molecule has 2 rings (SSSR count). The van der Waals surface area contributed by atoms with Gasteiger partial charge in [-0.05, 0) is 12.1 Å². The van der Waals surface area contributed by atoms with E-state index < -0.39 is 0 Å². The highest BCUT2D eigenvalue weighted by Gasteiger charge is 2.22. The van der Waals surface area contributed by atoms with E-state index in [0.29, 0.717) is 6.61 Å². The van der Waals surface area contributed by atoms with Crippen LogP contribution in [0.5, 0.6) is 0 Å². The Kier molecular flexibility index (Phi) is 2.90. The molecule has 0 aliphatic carbocycles. The van der Waals surface area contributed by atoms with Crippen molar-refractivity contribution >= 4 is 10.9 Å². The van der Waals surface area contributed by atoms with E-state index in [9.17, 15) is 0 Å². The zero-order valence-electron chi connectivity index (χ0n) is 9.60. The van der Waals surface area contributed by atoms with E-state index in [1.54, 1.807) is 0 Å². The van der Waals surface area contributed by atoms with Crippen molar-refractivity contribution in [3.63, 3.8) is 0 Å². The minimum Gasteiger partial charge on any atom is -0.304 e. The molecule has 16 heavy (non-hydrogen) atoms. The van der Waals surface area contributed by atoms with Crippen molar-refractivity contribution in [1.29, 1.82) is 0 Å². The maximum Gasteiger partial charge on any atom is 0.0785 e. The first kappa shape index (κ1) is 11.0. The molecular formula is C13H16N2O. The molecule has 2 aromatic rings. The minimum absolute atomic E-state index is 0.168. The molecule has 3 heteroatoms. The maximum atomic E-state index is 5.14. The molecule has 0 atom stereocenters. The average Bonchev–Trinajstić information content (AvgIpc) is 2.28. The van der Waals surface area contributed by atoms with Crippen LogP contribution < -0.4 is 5.90 Å². The summed E-state index contributed by atoms with van der Waals surface area (Å²) in [6, 6.07) is 12.2. The van der Waals surface area contributed by atoms with Gasteiger partial charge < -0.3 is 4.84 Å². The zero-order chi connectivity index (χ0) is 11.6. The number of benzene rings is 1. The van der Waals surface area contributed by atoms with Crippen LogP contribution in [-0.4, -0.2) is 11.6 Å². The molecule has 0 saturated heterocycles. The number of nitrogens with zero attached hydrogens (tertiary/aromatic N) is 1. The van der Waals surface area contributed by atoms with Crippen LogP contribution in [0.1, 0.15) is 19.5 Å². The van der Waals surface area contributed by atoms with Crippen molar-refractivity contribution in [3.8, 4) is 0 Å². The summed E-state index contributed by atoms with van der Waals surface area (Å²) in [7, 11) is 0. The molecule has 0 saturated carbocycles. The van der Waals surface area contributed by atoms with Crippen molar-refractivity contribution < 1.29 is 4.84 Å². The van der Waals surface area contributed by atoms with Crippen molar-refractivity contribution in [3.05, 3.63) is 42.1 Å². The Morgan fingerprint density at radius 2 is 1.94 bits per heavy atom. The summed E-state index contributed by atoms with van der Waals surface area (Å²) in [5.74, 6) is 5.14. The molecule has 3 nitrogen and oxygen atoms in total. The second-order valence-electron chi connectivity index (χ2n) is 4.58. The van der Waals surface area contributed by atoms with Crippen LogP contribution in [0, 0.1) is 0 Å². The second-order valence-corrected chi connectivity index (χ2v) is 4.58. The molecule has 0 radical (unpaired) electrons. The summed E-state index contributed by atoms with van der Waals surface area (Å²) in [6.45, 7) is 4.59. The van der Waals surface area contributed by atoms with E-state index in [1.165, 1.54) is 0 Å². The van der Waals surface area contributed by atoms with Gasteiger partial charge in [0.05, 0.1) is 12.1 Å². The fraction of sp³-hybridized carbons (Fsp3) is 0.308. The fourth-order valence-corrected chi connectivity index (χ4v) is 1.73. The first-order valence-corrected chi connectivity index (χ1v) is 5.31. The van der Waals surface area contributed by atoms with Gasteiger partial charge in [0.2, 0.25) is 0 Å². The van der Waals surface area contributed by atoms with Gasteiger partial charge in [-0.3, -0.25) is 4.98 Å². The standard InChI is InChI=1S/C13H16N2O/c1-13(2,9-16-14)12-8-7-10-5-3-4-6-11(10)15-12/h3-8H,9,14H2,1-2H3. The van der Waals surface area contributed by atoms with Crippen molar-refractivity contribution in [2.45, 2.75) is 19.3 Å². The summed E-state index contributed by atoms with van der Waals surface area (Å²) in [5.41, 5.74) is 1.83. The second kappa shape index (κ2) is 4.20. The number of fused-ring (bicyclic) bond motifs is 1. The Bertz CT molecular complexity index is 494. The third-order valence-electron chi connectivity index (χ3n) is 2.74. The van der Waals surface area contributed by atoms with E-state index >= 15 is 0 Å². The molecule has 0 aliphatic heterocycles. The zero-order valence-corrected chi connectivity index (χ0v) is 9.60. The van der Waals surface area contributed by atoms with Gasteiger partial charge in [-0.1, -0.05) is 38.1 Å². The number of aromatic nitrogens is 1. The van der Waals surface area contributed by atoms with Crippen LogP contribution in [0.25, 0.3) is 10.9 Å². The van der Waals surface area contributed by atoms with E-state index in [1.807, 2.05) is 24.3 Å². The molecule has 0 fully saturated rings. The molecule has 0 unspecified atom stereocenters. The molecule has 2 N–H and O–H groups in total. The first-order chi connectivity index (χ1) is 7.63. The minimum atomic E-state index is -0.168. The number of pyridine rings is 1. The summed E-state index contributed by atoms with van der Waals surface area (Å²) >= 11 is 0. The van der Waals surface area contributed by atoms with Crippen LogP contribution in [0.3, 0.4) is 0 Å². The van der Waals surface area contributed by atoms with Gasteiger partial charge in [0.1, 0.15) is 0 Å². The number of para-hydroxylation sites is 1. The Morgan fingerprint density at radius 3 is 2.69 bits per heavy atom. The van der Waals surface area contributed by atoms with Gasteiger partial charge in [-0.2, -0.15) is 0 Å². The summed E-state index contributed by atoms with van der Waals surface area (Å²) in [5, 5.41) is 1.15. The summed E-state index contributed by atoms with van der Waals surface area (Å²) < 4.78 is 0. The molecule has 1 heterocycles. The first-order valence-electron chi connectivity index (χ1n) is 5.31. The van der Waals surface area contributed by atoms with Gasteiger partial charge in [0, 0.05) is 16.5 Å². The lowest BCUT2D eigenvalue weighted by molar-refractivity contribution is 0.0950. The van der Waals surface area contributed by atoms with Gasteiger partial charge >= 0.3 is 0 Å². The van der Waals surface area contributed by atoms with Crippen molar-refractivity contribution in [1.82, 2.24) is 4.98 Å². The third kappa shape index (κ3) is 2.05. The summed E-state index contributed by atoms with van der Waals surface area (Å²) in [6.07, 6.45) is 0. The molecule has 1 aromatic carbocycles. The lowest BCUT2D eigenvalue weighted by Crippen LogP contribution is -2.27. The normalized spacial score (nSPS) is 11.9. The number of hydrogen-bond acceptors (Lipinski definition) is 3. The Balaban J connectivity index is 2.46. The van der Waals surface area contributed by atoms with Crippen LogP contribution in [0.15, 0.2) is 36.4 Å². The predicted octanol–water partition coefficient (Wildman–Crippen LogP) is 2.40. The molecular weight excluding hydrogens is 200 g/mol. The highest BCUT2D eigenvalue weighted by Crippen LogP contribution is 2.23. The smallest absolute Gasteiger partial charge is 0.0785 e. The van der Waals surface area contributed by atoms with Crippen molar-refractivity contribution in [2.75, 3.05) is 6.61 Å². The highest BCUT2D eigenvalue weighted by molar-refractivity contribution is 5.78. The Labute approximate surface area is 95.2 Å². The van der Waals surface area contributed by atoms with E-state index in [0.717, 1.165) is 16.6 Å². The Hall–Kier alpha value is -1.45. The van der Waals surface area contributed by atoms with E-state index in [-0.39, 0.29) is 5.41 Å². The lowest BCUT2D eigenvalue weighted by atomic mass is 9.89. The SMILES string of the molecule is CC(C)(CON)c1ccc2ccccc2n1. The van der Waals surface area contributed by atoms with Crippen molar-refractivity contribution in [2.24, 2.45) is 5.90 Å². The van der Waals surface area contributed by atoms with Gasteiger partial charge in [0.25, 0.3) is 0 Å². The molecule has 84 valence electrons. The van der Waals surface area contributed by atoms with E-state index in [2.05, 4.69) is 31.0 Å². The molecule has 0 amide bonds. The Morgan fingerprint density at radius 1 is 1.19 bits per heavy atom. The number of nitrogens with two attached hydrogens (primary N) is 1. The van der Waals surface area contributed by atoms with Gasteiger partial charge in [0.15, 0.2) is 0 Å². The van der Waals surface area contributed by atoms with Crippen LogP contribution in [-0.2, 0) is 10.3 Å². The molecule has 1 aromatic heterocycles. The lowest BCUT2D eigenvalue weighted by Gasteiger charge is -2.22. The van der Waals surface area contributed by atoms with Gasteiger partial charge in [-0.15, -0.1) is 0 Å². The molecule has 0 bridgehead atoms. The van der Waals surface area contributed by atoms with Gasteiger partial charge in [-0.25, -0.2) is 5.90 Å². The fourth-order valence-electron chi connectivity index (χ4n) is 1.73. The molecule has 0 spiro atoms. The topological polar surface area (TPSA) is 48.1 Å². The third-order valence-corrected chi connectivity index (χ3v) is 2.74. The largest absolute Gasteiger partial charge is 0.304 e. The van der Waals surface area contributed by atoms with E-state index in [4.69, 9.17) is 10.7 Å². The predicted molar refractivity (Wildman–Crippen MR) is 64.9 cm³/mol. The number of hydrogen-bond donors (Lipinski definition) is 1. The average molecular weight is 216 g/mol. The summed E-state index contributed by atoms with van der Waals surface area (Å²) in [4.78, 5) is 9.36. The highest BCUT2D eigenvalue weighted by atomic mass is 16.6. The van der Waals surface area contributed by atoms with Crippen LogP contribution in [0.2, 0.25) is 0 Å². The monoisotopic (exact) mass is 216 g/mol. The van der Waals surface area contributed by atoms with Crippen LogP contribution in [0.4, 0.5) is 0 Å². The quantitative estimate of drug-likeness (QED) is 0.801. The maximum absolute atomic E-state index is 5.14.